The molecule has 0 heterocycles. The number of ether oxygens (including phenoxy) is 1. The number of nitrogens with two attached hydrogens (primary N) is 1. The number of methoxy groups -OCH3 is 1. The van der Waals surface area contributed by atoms with E-state index in [0.29, 0.717) is 25.1 Å². The molecule has 1 amide bonds. The third kappa shape index (κ3) is 5.31. The lowest BCUT2D eigenvalue weighted by molar-refractivity contribution is 0.0950. The van der Waals surface area contributed by atoms with E-state index in [1.807, 2.05) is 24.3 Å². The largest absolute Gasteiger partial charge is 0.383 e. The molecule has 4 heteroatoms. The quantitative estimate of drug-likeness (QED) is 0.837. The molecular formula is C16H26N2O2. The molecule has 0 aliphatic carbocycles. The van der Waals surface area contributed by atoms with Crippen LogP contribution in [0.15, 0.2) is 24.3 Å². The summed E-state index contributed by atoms with van der Waals surface area (Å²) in [7, 11) is 1.62. The van der Waals surface area contributed by atoms with Gasteiger partial charge in [-0.05, 0) is 29.5 Å². The Morgan fingerprint density at radius 3 is 2.40 bits per heavy atom. The SMILES string of the molecule is COCC(N)CCNC(=O)c1ccc(C(C)(C)C)cc1. The number of benzene rings is 1. The van der Waals surface area contributed by atoms with Crippen LogP contribution in [0.3, 0.4) is 0 Å². The van der Waals surface area contributed by atoms with Crippen molar-refractivity contribution in [3.63, 3.8) is 0 Å². The highest BCUT2D eigenvalue weighted by Crippen LogP contribution is 2.22. The second kappa shape index (κ2) is 7.41. The second-order valence-electron chi connectivity index (χ2n) is 6.09. The van der Waals surface area contributed by atoms with E-state index in [1.54, 1.807) is 7.11 Å². The van der Waals surface area contributed by atoms with Crippen molar-refractivity contribution in [2.24, 2.45) is 5.73 Å². The van der Waals surface area contributed by atoms with Crippen molar-refractivity contribution in [3.05, 3.63) is 35.4 Å². The van der Waals surface area contributed by atoms with Crippen molar-refractivity contribution in [3.8, 4) is 0 Å². The van der Waals surface area contributed by atoms with Gasteiger partial charge in [0.05, 0.1) is 6.61 Å². The van der Waals surface area contributed by atoms with Crippen LogP contribution in [0, 0.1) is 0 Å². The fourth-order valence-corrected chi connectivity index (χ4v) is 1.89. The predicted octanol–water partition coefficient (Wildman–Crippen LogP) is 2.08. The van der Waals surface area contributed by atoms with Gasteiger partial charge in [-0.25, -0.2) is 0 Å². The smallest absolute Gasteiger partial charge is 0.251 e. The Bertz CT molecular complexity index is 421. The molecule has 4 nitrogen and oxygen atoms in total. The molecule has 0 aliphatic rings. The molecule has 0 radical (unpaired) electrons. The average Bonchev–Trinajstić information content (AvgIpc) is 2.38. The van der Waals surface area contributed by atoms with Crippen LogP contribution >= 0.6 is 0 Å². The van der Waals surface area contributed by atoms with E-state index in [9.17, 15) is 4.79 Å². The van der Waals surface area contributed by atoms with Gasteiger partial charge in [-0.2, -0.15) is 0 Å². The van der Waals surface area contributed by atoms with Crippen molar-refractivity contribution in [2.45, 2.75) is 38.6 Å². The van der Waals surface area contributed by atoms with Crippen LogP contribution in [0.4, 0.5) is 0 Å². The number of hydrogen-bond donors (Lipinski definition) is 2. The van der Waals surface area contributed by atoms with Gasteiger partial charge in [0.1, 0.15) is 0 Å². The Morgan fingerprint density at radius 1 is 1.30 bits per heavy atom. The lowest BCUT2D eigenvalue weighted by Gasteiger charge is -2.19. The van der Waals surface area contributed by atoms with Gasteiger partial charge in [0.15, 0.2) is 0 Å². The summed E-state index contributed by atoms with van der Waals surface area (Å²) in [5.74, 6) is -0.0601. The highest BCUT2D eigenvalue weighted by atomic mass is 16.5. The first-order valence-electron chi connectivity index (χ1n) is 6.98. The number of carbonyl (C=O) groups is 1. The van der Waals surface area contributed by atoms with Crippen LogP contribution in [-0.2, 0) is 10.2 Å². The molecule has 0 saturated heterocycles. The molecule has 20 heavy (non-hydrogen) atoms. The minimum Gasteiger partial charge on any atom is -0.383 e. The molecule has 1 aromatic rings. The molecule has 112 valence electrons. The molecule has 1 unspecified atom stereocenters. The molecule has 0 aromatic heterocycles. The predicted molar refractivity (Wildman–Crippen MR) is 81.9 cm³/mol. The van der Waals surface area contributed by atoms with E-state index in [1.165, 1.54) is 5.56 Å². The van der Waals surface area contributed by atoms with Gasteiger partial charge < -0.3 is 15.8 Å². The highest BCUT2D eigenvalue weighted by Gasteiger charge is 2.14. The maximum atomic E-state index is 12.0. The minimum absolute atomic E-state index is 0.0384. The van der Waals surface area contributed by atoms with Gasteiger partial charge >= 0.3 is 0 Å². The van der Waals surface area contributed by atoms with Gasteiger partial charge in [-0.1, -0.05) is 32.9 Å². The normalized spacial score (nSPS) is 13.1. The van der Waals surface area contributed by atoms with Crippen LogP contribution in [0.5, 0.6) is 0 Å². The monoisotopic (exact) mass is 278 g/mol. The number of amides is 1. The summed E-state index contributed by atoms with van der Waals surface area (Å²) >= 11 is 0. The molecule has 3 N–H and O–H groups in total. The molecule has 0 bridgehead atoms. The molecule has 1 aromatic carbocycles. The van der Waals surface area contributed by atoms with E-state index >= 15 is 0 Å². The van der Waals surface area contributed by atoms with Crippen LogP contribution < -0.4 is 11.1 Å². The zero-order chi connectivity index (χ0) is 15.2. The summed E-state index contributed by atoms with van der Waals surface area (Å²) in [6.07, 6.45) is 0.708. The van der Waals surface area contributed by atoms with Gasteiger partial charge in [-0.15, -0.1) is 0 Å². The summed E-state index contributed by atoms with van der Waals surface area (Å²) in [5, 5.41) is 2.87. The lowest BCUT2D eigenvalue weighted by atomic mass is 9.87. The van der Waals surface area contributed by atoms with E-state index in [2.05, 4.69) is 26.1 Å². The molecule has 1 rings (SSSR count). The van der Waals surface area contributed by atoms with E-state index in [-0.39, 0.29) is 17.4 Å². The lowest BCUT2D eigenvalue weighted by Crippen LogP contribution is -2.32. The minimum atomic E-state index is -0.0601. The summed E-state index contributed by atoms with van der Waals surface area (Å²) in [4.78, 5) is 12.0. The van der Waals surface area contributed by atoms with E-state index in [0.717, 1.165) is 0 Å². The Morgan fingerprint density at radius 2 is 1.90 bits per heavy atom. The van der Waals surface area contributed by atoms with Crippen molar-refractivity contribution >= 4 is 5.91 Å². The number of rotatable bonds is 6. The van der Waals surface area contributed by atoms with Crippen molar-refractivity contribution in [1.82, 2.24) is 5.32 Å². The molecule has 0 aliphatic heterocycles. The molecule has 0 spiro atoms. The Kier molecular flexibility index (Phi) is 6.17. The molecular weight excluding hydrogens is 252 g/mol. The van der Waals surface area contributed by atoms with Gasteiger partial charge in [0.25, 0.3) is 5.91 Å². The molecule has 1 atom stereocenters. The summed E-state index contributed by atoms with van der Waals surface area (Å²) in [5.41, 5.74) is 7.80. The third-order valence-electron chi connectivity index (χ3n) is 3.19. The van der Waals surface area contributed by atoms with Crippen molar-refractivity contribution in [2.75, 3.05) is 20.3 Å². The fourth-order valence-electron chi connectivity index (χ4n) is 1.89. The summed E-state index contributed by atoms with van der Waals surface area (Å²) in [6.45, 7) is 7.53. The summed E-state index contributed by atoms with van der Waals surface area (Å²) in [6, 6.07) is 7.70. The van der Waals surface area contributed by atoms with Gasteiger partial charge in [0.2, 0.25) is 0 Å². The number of carbonyl (C=O) groups excluding carboxylic acids is 1. The van der Waals surface area contributed by atoms with Crippen LogP contribution in [0.2, 0.25) is 0 Å². The Hall–Kier alpha value is -1.39. The van der Waals surface area contributed by atoms with Crippen LogP contribution in [0.25, 0.3) is 0 Å². The first-order chi connectivity index (χ1) is 9.34. The highest BCUT2D eigenvalue weighted by molar-refractivity contribution is 5.94. The van der Waals surface area contributed by atoms with Crippen molar-refractivity contribution < 1.29 is 9.53 Å². The van der Waals surface area contributed by atoms with Gasteiger partial charge in [0, 0.05) is 25.3 Å². The Balaban J connectivity index is 2.48. The summed E-state index contributed by atoms with van der Waals surface area (Å²) < 4.78 is 4.95. The molecule has 0 fully saturated rings. The maximum Gasteiger partial charge on any atom is 0.251 e. The van der Waals surface area contributed by atoms with Crippen LogP contribution in [-0.4, -0.2) is 32.2 Å². The third-order valence-corrected chi connectivity index (χ3v) is 3.19. The second-order valence-corrected chi connectivity index (χ2v) is 6.09. The fraction of sp³-hybridized carbons (Fsp3) is 0.562. The Labute approximate surface area is 121 Å². The first kappa shape index (κ1) is 16.7. The van der Waals surface area contributed by atoms with E-state index in [4.69, 9.17) is 10.5 Å². The first-order valence-corrected chi connectivity index (χ1v) is 6.98. The van der Waals surface area contributed by atoms with Gasteiger partial charge in [-0.3, -0.25) is 4.79 Å². The zero-order valence-corrected chi connectivity index (χ0v) is 12.9. The van der Waals surface area contributed by atoms with Crippen molar-refractivity contribution in [1.29, 1.82) is 0 Å². The number of nitrogens with one attached hydrogen (secondary N) is 1. The zero-order valence-electron chi connectivity index (χ0n) is 12.9. The number of hydrogen-bond acceptors (Lipinski definition) is 3. The maximum absolute atomic E-state index is 12.0. The van der Waals surface area contributed by atoms with E-state index < -0.39 is 0 Å². The van der Waals surface area contributed by atoms with Crippen LogP contribution in [0.1, 0.15) is 43.1 Å². The standard InChI is InChI=1S/C16H26N2O2/c1-16(2,3)13-7-5-12(6-8-13)15(19)18-10-9-14(17)11-20-4/h5-8,14H,9-11,17H2,1-4H3,(H,18,19). The molecule has 0 saturated carbocycles. The topological polar surface area (TPSA) is 64.3 Å². The average molecular weight is 278 g/mol.